The molecule has 0 bridgehead atoms. The molecule has 1 aromatic carbocycles. The van der Waals surface area contributed by atoms with E-state index in [1.54, 1.807) is 39.2 Å². The Kier molecular flexibility index (Phi) is 3.83. The summed E-state index contributed by atoms with van der Waals surface area (Å²) in [6.07, 6.45) is 0. The van der Waals surface area contributed by atoms with Gasteiger partial charge in [0, 0.05) is 6.07 Å². The summed E-state index contributed by atoms with van der Waals surface area (Å²) >= 11 is 0. The fourth-order valence-corrected chi connectivity index (χ4v) is 1.10. The fraction of sp³-hybridized carbons (Fsp3) is 0.417. The Morgan fingerprint density at radius 1 is 1.47 bits per heavy atom. The first-order valence-electron chi connectivity index (χ1n) is 5.16. The number of rotatable bonds is 5. The van der Waals surface area contributed by atoms with E-state index in [0.29, 0.717) is 17.2 Å². The molecule has 0 fully saturated rings. The molecule has 0 unspecified atom stereocenters. The molecule has 17 heavy (non-hydrogen) atoms. The maximum absolute atomic E-state index is 10.9. The molecule has 0 aliphatic heterocycles. The van der Waals surface area contributed by atoms with Crippen molar-refractivity contribution in [3.8, 4) is 11.5 Å². The van der Waals surface area contributed by atoms with E-state index in [-0.39, 0.29) is 6.61 Å². The number of aliphatic carboxylic acids is 1. The lowest BCUT2D eigenvalue weighted by molar-refractivity contribution is -0.148. The molecule has 0 heterocycles. The third kappa shape index (κ3) is 3.27. The Balaban J connectivity index is 2.73. The van der Waals surface area contributed by atoms with Crippen LogP contribution in [0.5, 0.6) is 11.5 Å². The molecule has 0 saturated carbocycles. The predicted octanol–water partition coefficient (Wildman–Crippen LogP) is 1.77. The second-order valence-corrected chi connectivity index (χ2v) is 4.38. The molecule has 0 aromatic heterocycles. The molecule has 0 spiro atoms. The Hall–Kier alpha value is -1.91. The molecule has 0 amide bonds. The van der Waals surface area contributed by atoms with Gasteiger partial charge < -0.3 is 20.3 Å². The number of anilines is 1. The standard InChI is InChI=1S/C12H17NO4/c1-12(2,11(14)15)7-17-10-5-4-8(16-3)6-9(10)13/h4-6H,7,13H2,1-3H3,(H,14,15). The molecule has 1 rings (SSSR count). The van der Waals surface area contributed by atoms with E-state index in [1.807, 2.05) is 0 Å². The highest BCUT2D eigenvalue weighted by atomic mass is 16.5. The Morgan fingerprint density at radius 2 is 2.12 bits per heavy atom. The fourth-order valence-electron chi connectivity index (χ4n) is 1.10. The molecule has 0 saturated heterocycles. The van der Waals surface area contributed by atoms with Crippen molar-refractivity contribution in [1.82, 2.24) is 0 Å². The van der Waals surface area contributed by atoms with Crippen molar-refractivity contribution in [2.75, 3.05) is 19.5 Å². The van der Waals surface area contributed by atoms with Crippen LogP contribution in [0.1, 0.15) is 13.8 Å². The number of hydrogen-bond acceptors (Lipinski definition) is 4. The van der Waals surface area contributed by atoms with Crippen LogP contribution in [-0.2, 0) is 4.79 Å². The lowest BCUT2D eigenvalue weighted by Crippen LogP contribution is -2.30. The number of nitrogen functional groups attached to an aromatic ring is 1. The van der Waals surface area contributed by atoms with Crippen molar-refractivity contribution in [2.45, 2.75) is 13.8 Å². The van der Waals surface area contributed by atoms with Gasteiger partial charge in [-0.3, -0.25) is 4.79 Å². The van der Waals surface area contributed by atoms with Gasteiger partial charge in [-0.25, -0.2) is 0 Å². The molecule has 0 atom stereocenters. The minimum absolute atomic E-state index is 0.0544. The normalized spacial score (nSPS) is 11.0. The Labute approximate surface area is 100 Å². The number of carboxylic acid groups (broad SMARTS) is 1. The second-order valence-electron chi connectivity index (χ2n) is 4.38. The van der Waals surface area contributed by atoms with Gasteiger partial charge in [-0.2, -0.15) is 0 Å². The smallest absolute Gasteiger partial charge is 0.312 e. The predicted molar refractivity (Wildman–Crippen MR) is 64.3 cm³/mol. The van der Waals surface area contributed by atoms with Crippen molar-refractivity contribution < 1.29 is 19.4 Å². The van der Waals surface area contributed by atoms with Crippen LogP contribution in [0.15, 0.2) is 18.2 Å². The molecule has 0 aliphatic rings. The lowest BCUT2D eigenvalue weighted by Gasteiger charge is -2.20. The van der Waals surface area contributed by atoms with Crippen molar-refractivity contribution in [1.29, 1.82) is 0 Å². The Morgan fingerprint density at radius 3 is 2.59 bits per heavy atom. The van der Waals surface area contributed by atoms with Gasteiger partial charge in [0.1, 0.15) is 18.1 Å². The van der Waals surface area contributed by atoms with Crippen LogP contribution in [0.25, 0.3) is 0 Å². The van der Waals surface area contributed by atoms with E-state index < -0.39 is 11.4 Å². The lowest BCUT2D eigenvalue weighted by atomic mass is 9.95. The van der Waals surface area contributed by atoms with E-state index in [1.165, 1.54) is 0 Å². The molecule has 5 nitrogen and oxygen atoms in total. The monoisotopic (exact) mass is 239 g/mol. The molecular weight excluding hydrogens is 222 g/mol. The minimum Gasteiger partial charge on any atom is -0.497 e. The van der Waals surface area contributed by atoms with Gasteiger partial charge in [0.25, 0.3) is 0 Å². The van der Waals surface area contributed by atoms with Gasteiger partial charge in [-0.15, -0.1) is 0 Å². The van der Waals surface area contributed by atoms with Crippen molar-refractivity contribution >= 4 is 11.7 Å². The van der Waals surface area contributed by atoms with Crippen molar-refractivity contribution in [3.05, 3.63) is 18.2 Å². The van der Waals surface area contributed by atoms with Crippen LogP contribution >= 0.6 is 0 Å². The molecule has 0 radical (unpaired) electrons. The third-order valence-corrected chi connectivity index (χ3v) is 2.38. The van der Waals surface area contributed by atoms with Crippen molar-refractivity contribution in [3.63, 3.8) is 0 Å². The maximum Gasteiger partial charge on any atom is 0.312 e. The van der Waals surface area contributed by atoms with E-state index in [4.69, 9.17) is 20.3 Å². The van der Waals surface area contributed by atoms with Crippen LogP contribution in [0.3, 0.4) is 0 Å². The third-order valence-electron chi connectivity index (χ3n) is 2.38. The van der Waals surface area contributed by atoms with Gasteiger partial charge in [0.05, 0.1) is 18.2 Å². The van der Waals surface area contributed by atoms with Gasteiger partial charge >= 0.3 is 5.97 Å². The zero-order chi connectivity index (χ0) is 13.1. The molecule has 94 valence electrons. The summed E-state index contributed by atoms with van der Waals surface area (Å²) in [5, 5.41) is 8.94. The maximum atomic E-state index is 10.9. The summed E-state index contributed by atoms with van der Waals surface area (Å²) in [5.74, 6) is 0.178. The molecule has 1 aromatic rings. The average Bonchev–Trinajstić information content (AvgIpc) is 2.27. The average molecular weight is 239 g/mol. The summed E-state index contributed by atoms with van der Waals surface area (Å²) in [7, 11) is 1.54. The van der Waals surface area contributed by atoms with E-state index >= 15 is 0 Å². The zero-order valence-electron chi connectivity index (χ0n) is 10.2. The highest BCUT2D eigenvalue weighted by Crippen LogP contribution is 2.28. The zero-order valence-corrected chi connectivity index (χ0v) is 10.2. The second kappa shape index (κ2) is 4.95. The van der Waals surface area contributed by atoms with E-state index in [0.717, 1.165) is 0 Å². The molecular formula is C12H17NO4. The first kappa shape index (κ1) is 13.2. The summed E-state index contributed by atoms with van der Waals surface area (Å²) in [6.45, 7) is 3.24. The highest BCUT2D eigenvalue weighted by Gasteiger charge is 2.28. The van der Waals surface area contributed by atoms with E-state index in [2.05, 4.69) is 0 Å². The number of ether oxygens (including phenoxy) is 2. The quantitative estimate of drug-likeness (QED) is 0.765. The van der Waals surface area contributed by atoms with Gasteiger partial charge in [0.15, 0.2) is 0 Å². The van der Waals surface area contributed by atoms with Crippen LogP contribution in [0.4, 0.5) is 5.69 Å². The molecule has 0 aliphatic carbocycles. The number of benzene rings is 1. The minimum atomic E-state index is -0.952. The topological polar surface area (TPSA) is 81.8 Å². The summed E-state index contributed by atoms with van der Waals surface area (Å²) in [4.78, 5) is 10.9. The number of hydrogen-bond donors (Lipinski definition) is 2. The first-order valence-corrected chi connectivity index (χ1v) is 5.16. The van der Waals surface area contributed by atoms with Crippen LogP contribution in [-0.4, -0.2) is 24.8 Å². The first-order chi connectivity index (χ1) is 7.86. The van der Waals surface area contributed by atoms with Crippen molar-refractivity contribution in [2.24, 2.45) is 5.41 Å². The summed E-state index contributed by atoms with van der Waals surface area (Å²) in [5.41, 5.74) is 5.22. The van der Waals surface area contributed by atoms with Gasteiger partial charge in [-0.1, -0.05) is 0 Å². The van der Waals surface area contributed by atoms with Gasteiger partial charge in [-0.05, 0) is 26.0 Å². The summed E-state index contributed by atoms with van der Waals surface area (Å²) in [6, 6.07) is 4.99. The molecule has 5 heteroatoms. The number of carboxylic acids is 1. The number of methoxy groups -OCH3 is 1. The van der Waals surface area contributed by atoms with Crippen LogP contribution < -0.4 is 15.2 Å². The SMILES string of the molecule is COc1ccc(OCC(C)(C)C(=O)O)c(N)c1. The Bertz CT molecular complexity index is 415. The highest BCUT2D eigenvalue weighted by molar-refractivity contribution is 5.73. The molecule has 3 N–H and O–H groups in total. The summed E-state index contributed by atoms with van der Waals surface area (Å²) < 4.78 is 10.4. The van der Waals surface area contributed by atoms with Crippen LogP contribution in [0, 0.1) is 5.41 Å². The van der Waals surface area contributed by atoms with Gasteiger partial charge in [0.2, 0.25) is 0 Å². The number of carbonyl (C=O) groups is 1. The van der Waals surface area contributed by atoms with E-state index in [9.17, 15) is 4.79 Å². The van der Waals surface area contributed by atoms with Crippen LogP contribution in [0.2, 0.25) is 0 Å². The number of nitrogens with two attached hydrogens (primary N) is 1. The largest absolute Gasteiger partial charge is 0.497 e.